The molecular formula is C10H7N5. The third-order valence-corrected chi connectivity index (χ3v) is 2.12. The van der Waals surface area contributed by atoms with Gasteiger partial charge in [-0.25, -0.2) is 4.98 Å². The summed E-state index contributed by atoms with van der Waals surface area (Å²) >= 11 is 0. The lowest BCUT2D eigenvalue weighted by molar-refractivity contribution is 0.902. The van der Waals surface area contributed by atoms with Crippen LogP contribution >= 0.6 is 0 Å². The summed E-state index contributed by atoms with van der Waals surface area (Å²) in [6, 6.07) is 9.83. The Kier molecular flexibility index (Phi) is 1.68. The second-order valence-corrected chi connectivity index (χ2v) is 3.04. The van der Waals surface area contributed by atoms with Crippen LogP contribution < -0.4 is 0 Å². The van der Waals surface area contributed by atoms with Gasteiger partial charge in [-0.2, -0.15) is 19.6 Å². The van der Waals surface area contributed by atoms with Crippen LogP contribution in [0.15, 0.2) is 43.0 Å². The van der Waals surface area contributed by atoms with Crippen molar-refractivity contribution in [3.8, 4) is 11.4 Å². The minimum atomic E-state index is 0.559. The first-order valence-corrected chi connectivity index (χ1v) is 4.51. The summed E-state index contributed by atoms with van der Waals surface area (Å²) < 4.78 is 1.62. The molecule has 0 fully saturated rings. The molecule has 0 saturated carbocycles. The van der Waals surface area contributed by atoms with Crippen molar-refractivity contribution in [2.24, 2.45) is 0 Å². The van der Waals surface area contributed by atoms with Crippen LogP contribution in [0.2, 0.25) is 0 Å². The van der Waals surface area contributed by atoms with E-state index in [0.717, 1.165) is 11.4 Å². The topological polar surface area (TPSA) is 56.0 Å². The zero-order valence-electron chi connectivity index (χ0n) is 7.78. The molecular weight excluding hydrogens is 190 g/mol. The predicted molar refractivity (Wildman–Crippen MR) is 54.0 cm³/mol. The molecule has 0 saturated heterocycles. The molecule has 0 aliphatic carbocycles. The SMILES string of the molecule is c1ccc(-c2ncnc3ncnn23)cc1. The molecule has 1 aromatic carbocycles. The highest BCUT2D eigenvalue weighted by atomic mass is 15.3. The maximum atomic E-state index is 4.20. The molecule has 0 aliphatic rings. The minimum absolute atomic E-state index is 0.559. The standard InChI is InChI=1S/C10H7N5/c1-2-4-8(5-3-1)9-11-6-12-10-13-7-14-15(9)10/h1-7H. The van der Waals surface area contributed by atoms with Crippen molar-refractivity contribution in [2.45, 2.75) is 0 Å². The third kappa shape index (κ3) is 1.25. The molecule has 0 unspecified atom stereocenters. The van der Waals surface area contributed by atoms with Crippen LogP contribution in [-0.4, -0.2) is 24.6 Å². The summed E-state index contributed by atoms with van der Waals surface area (Å²) in [5, 5.41) is 4.08. The van der Waals surface area contributed by atoms with Gasteiger partial charge in [0.25, 0.3) is 5.78 Å². The zero-order chi connectivity index (χ0) is 10.1. The zero-order valence-corrected chi connectivity index (χ0v) is 7.78. The lowest BCUT2D eigenvalue weighted by Crippen LogP contribution is -1.98. The van der Waals surface area contributed by atoms with Gasteiger partial charge in [-0.15, -0.1) is 0 Å². The van der Waals surface area contributed by atoms with Crippen molar-refractivity contribution in [1.82, 2.24) is 24.6 Å². The Bertz CT molecular complexity index is 587. The monoisotopic (exact) mass is 197 g/mol. The summed E-state index contributed by atoms with van der Waals surface area (Å²) in [7, 11) is 0. The van der Waals surface area contributed by atoms with E-state index in [9.17, 15) is 0 Å². The summed E-state index contributed by atoms with van der Waals surface area (Å²) in [5.74, 6) is 1.31. The number of fused-ring (bicyclic) bond motifs is 1. The van der Waals surface area contributed by atoms with Crippen molar-refractivity contribution in [3.63, 3.8) is 0 Å². The summed E-state index contributed by atoms with van der Waals surface area (Å²) in [6.45, 7) is 0. The van der Waals surface area contributed by atoms with Gasteiger partial charge in [0.15, 0.2) is 5.82 Å². The van der Waals surface area contributed by atoms with Crippen molar-refractivity contribution >= 4 is 5.78 Å². The van der Waals surface area contributed by atoms with Crippen LogP contribution in [0.4, 0.5) is 0 Å². The quantitative estimate of drug-likeness (QED) is 0.588. The van der Waals surface area contributed by atoms with Crippen LogP contribution in [0.25, 0.3) is 17.2 Å². The Balaban J connectivity index is 2.31. The van der Waals surface area contributed by atoms with Gasteiger partial charge in [0.05, 0.1) is 0 Å². The highest BCUT2D eigenvalue weighted by molar-refractivity contribution is 5.56. The molecule has 15 heavy (non-hydrogen) atoms. The van der Waals surface area contributed by atoms with E-state index in [0.29, 0.717) is 5.78 Å². The Morgan fingerprint density at radius 2 is 1.67 bits per heavy atom. The minimum Gasteiger partial charge on any atom is -0.216 e. The first kappa shape index (κ1) is 8.05. The average Bonchev–Trinajstić information content (AvgIpc) is 2.78. The van der Waals surface area contributed by atoms with E-state index in [1.54, 1.807) is 4.52 Å². The number of nitrogens with zero attached hydrogens (tertiary/aromatic N) is 5. The normalized spacial score (nSPS) is 10.7. The smallest absolute Gasteiger partial charge is 0.216 e. The van der Waals surface area contributed by atoms with E-state index in [1.807, 2.05) is 30.3 Å². The number of hydrogen-bond donors (Lipinski definition) is 0. The second kappa shape index (κ2) is 3.13. The average molecular weight is 197 g/mol. The van der Waals surface area contributed by atoms with Crippen molar-refractivity contribution in [1.29, 1.82) is 0 Å². The van der Waals surface area contributed by atoms with E-state index < -0.39 is 0 Å². The van der Waals surface area contributed by atoms with Gasteiger partial charge >= 0.3 is 0 Å². The van der Waals surface area contributed by atoms with E-state index in [-0.39, 0.29) is 0 Å². The Labute approximate surface area is 85.5 Å². The van der Waals surface area contributed by atoms with Crippen molar-refractivity contribution in [3.05, 3.63) is 43.0 Å². The fourth-order valence-electron chi connectivity index (χ4n) is 1.45. The number of aromatic nitrogens is 5. The van der Waals surface area contributed by atoms with Gasteiger partial charge in [-0.3, -0.25) is 0 Å². The number of rotatable bonds is 1. The lowest BCUT2D eigenvalue weighted by atomic mass is 10.2. The Hall–Kier alpha value is -2.30. The van der Waals surface area contributed by atoms with Crippen LogP contribution in [0.3, 0.4) is 0 Å². The van der Waals surface area contributed by atoms with Crippen LogP contribution in [0.1, 0.15) is 0 Å². The molecule has 2 aromatic heterocycles. The van der Waals surface area contributed by atoms with Crippen molar-refractivity contribution in [2.75, 3.05) is 0 Å². The summed E-state index contributed by atoms with van der Waals surface area (Å²) in [6.07, 6.45) is 2.96. The Morgan fingerprint density at radius 1 is 0.867 bits per heavy atom. The van der Waals surface area contributed by atoms with Gasteiger partial charge in [-0.1, -0.05) is 30.3 Å². The van der Waals surface area contributed by atoms with Gasteiger partial charge in [0.1, 0.15) is 12.7 Å². The largest absolute Gasteiger partial charge is 0.255 e. The lowest BCUT2D eigenvalue weighted by Gasteiger charge is -2.00. The number of benzene rings is 1. The molecule has 0 bridgehead atoms. The third-order valence-electron chi connectivity index (χ3n) is 2.12. The van der Waals surface area contributed by atoms with E-state index >= 15 is 0 Å². The molecule has 3 aromatic rings. The molecule has 72 valence electrons. The highest BCUT2D eigenvalue weighted by Crippen LogP contribution is 2.14. The molecule has 0 atom stereocenters. The number of hydrogen-bond acceptors (Lipinski definition) is 4. The highest BCUT2D eigenvalue weighted by Gasteiger charge is 2.05. The maximum Gasteiger partial charge on any atom is 0.255 e. The fourth-order valence-corrected chi connectivity index (χ4v) is 1.45. The van der Waals surface area contributed by atoms with Crippen LogP contribution in [0, 0.1) is 0 Å². The molecule has 2 heterocycles. The molecule has 0 spiro atoms. The molecule has 5 heteroatoms. The maximum absolute atomic E-state index is 4.20. The van der Waals surface area contributed by atoms with Gasteiger partial charge in [0, 0.05) is 5.56 Å². The van der Waals surface area contributed by atoms with Crippen LogP contribution in [-0.2, 0) is 0 Å². The molecule has 0 radical (unpaired) electrons. The Morgan fingerprint density at radius 3 is 2.53 bits per heavy atom. The second-order valence-electron chi connectivity index (χ2n) is 3.04. The van der Waals surface area contributed by atoms with Gasteiger partial charge in [0.2, 0.25) is 0 Å². The van der Waals surface area contributed by atoms with E-state index in [1.165, 1.54) is 12.7 Å². The molecule has 0 aliphatic heterocycles. The van der Waals surface area contributed by atoms with E-state index in [4.69, 9.17) is 0 Å². The summed E-state index contributed by atoms with van der Waals surface area (Å²) in [5.41, 5.74) is 0.996. The van der Waals surface area contributed by atoms with Crippen molar-refractivity contribution < 1.29 is 0 Å². The summed E-state index contributed by atoms with van der Waals surface area (Å²) in [4.78, 5) is 12.2. The van der Waals surface area contributed by atoms with Gasteiger partial charge in [-0.05, 0) is 0 Å². The molecule has 0 N–H and O–H groups in total. The molecule has 3 rings (SSSR count). The van der Waals surface area contributed by atoms with E-state index in [2.05, 4.69) is 20.1 Å². The predicted octanol–water partition coefficient (Wildman–Crippen LogP) is 1.19. The molecule has 0 amide bonds. The van der Waals surface area contributed by atoms with Crippen LogP contribution in [0.5, 0.6) is 0 Å². The first-order chi connectivity index (χ1) is 7.45. The fraction of sp³-hybridized carbons (Fsp3) is 0. The van der Waals surface area contributed by atoms with Gasteiger partial charge < -0.3 is 0 Å². The first-order valence-electron chi connectivity index (χ1n) is 4.51. The molecule has 5 nitrogen and oxygen atoms in total.